The lowest BCUT2D eigenvalue weighted by molar-refractivity contribution is -0.00831. The molecular formula is C17H27N3O3S. The maximum atomic E-state index is 11.3. The van der Waals surface area contributed by atoms with Crippen molar-refractivity contribution in [3.63, 3.8) is 0 Å². The van der Waals surface area contributed by atoms with Crippen LogP contribution in [0.5, 0.6) is 0 Å². The number of hydrogen-bond acceptors (Lipinski definition) is 4. The topological polar surface area (TPSA) is 71.0 Å². The molecule has 1 unspecified atom stereocenters. The molecule has 1 atom stereocenters. The summed E-state index contributed by atoms with van der Waals surface area (Å²) >= 11 is 0. The fraction of sp³-hybridized carbons (Fsp3) is 0.588. The van der Waals surface area contributed by atoms with Gasteiger partial charge in [0.05, 0.1) is 25.4 Å². The van der Waals surface area contributed by atoms with Gasteiger partial charge in [-0.3, -0.25) is 4.99 Å². The van der Waals surface area contributed by atoms with Gasteiger partial charge in [0.2, 0.25) is 0 Å². The molecule has 7 heteroatoms. The Bertz CT molecular complexity index is 673. The Labute approximate surface area is 144 Å². The minimum atomic E-state index is -3.00. The molecule has 6 nitrogen and oxygen atoms in total. The summed E-state index contributed by atoms with van der Waals surface area (Å²) in [6.45, 7) is 7.17. The number of aryl methyl sites for hydroxylation is 1. The standard InChI is InChI=1S/C17H27N3O3S/c1-4-18-17(19-9-12-24(3,21)22)20-10-11-23-16(13-20)15-8-6-5-7-14(15)2/h5-8,16H,4,9-13H2,1-3H3,(H,18,19). The molecule has 0 spiro atoms. The highest BCUT2D eigenvalue weighted by molar-refractivity contribution is 7.90. The van der Waals surface area contributed by atoms with Crippen LogP contribution in [0.1, 0.15) is 24.2 Å². The second kappa shape index (κ2) is 8.48. The first-order valence-corrected chi connectivity index (χ1v) is 10.3. The van der Waals surface area contributed by atoms with E-state index < -0.39 is 9.84 Å². The number of nitrogens with zero attached hydrogens (tertiary/aromatic N) is 2. The average molecular weight is 353 g/mol. The van der Waals surface area contributed by atoms with Crippen molar-refractivity contribution in [3.05, 3.63) is 35.4 Å². The Morgan fingerprint density at radius 3 is 2.83 bits per heavy atom. The van der Waals surface area contributed by atoms with Gasteiger partial charge in [-0.1, -0.05) is 24.3 Å². The molecule has 0 aromatic heterocycles. The molecule has 134 valence electrons. The summed E-state index contributed by atoms with van der Waals surface area (Å²) in [5.41, 5.74) is 2.40. The van der Waals surface area contributed by atoms with Gasteiger partial charge < -0.3 is 15.0 Å². The molecule has 0 bridgehead atoms. The normalized spacial score (nSPS) is 19.4. The number of rotatable bonds is 5. The number of ether oxygens (including phenoxy) is 1. The van der Waals surface area contributed by atoms with E-state index in [4.69, 9.17) is 4.74 Å². The maximum absolute atomic E-state index is 11.3. The first-order chi connectivity index (χ1) is 11.4. The molecule has 0 aliphatic carbocycles. The smallest absolute Gasteiger partial charge is 0.194 e. The highest BCUT2D eigenvalue weighted by Gasteiger charge is 2.25. The highest BCUT2D eigenvalue weighted by Crippen LogP contribution is 2.24. The second-order valence-corrected chi connectivity index (χ2v) is 8.29. The summed E-state index contributed by atoms with van der Waals surface area (Å²) in [5.74, 6) is 0.816. The van der Waals surface area contributed by atoms with Crippen LogP contribution in [-0.2, 0) is 14.6 Å². The fourth-order valence-corrected chi connectivity index (χ4v) is 3.14. The van der Waals surface area contributed by atoms with Crippen LogP contribution in [0, 0.1) is 6.92 Å². The number of aliphatic imine (C=N–C) groups is 1. The van der Waals surface area contributed by atoms with Gasteiger partial charge in [0.15, 0.2) is 5.96 Å². The maximum Gasteiger partial charge on any atom is 0.194 e. The van der Waals surface area contributed by atoms with Gasteiger partial charge in [-0.2, -0.15) is 0 Å². The largest absolute Gasteiger partial charge is 0.370 e. The summed E-state index contributed by atoms with van der Waals surface area (Å²) in [5, 5.41) is 3.25. The van der Waals surface area contributed by atoms with E-state index in [1.165, 1.54) is 17.4 Å². The Kier molecular flexibility index (Phi) is 6.62. The van der Waals surface area contributed by atoms with E-state index in [0.717, 1.165) is 19.0 Å². The third-order valence-corrected chi connectivity index (χ3v) is 4.88. The van der Waals surface area contributed by atoms with E-state index in [0.29, 0.717) is 13.2 Å². The molecule has 1 aromatic rings. The summed E-state index contributed by atoms with van der Waals surface area (Å²) in [4.78, 5) is 6.62. The van der Waals surface area contributed by atoms with E-state index in [-0.39, 0.29) is 18.4 Å². The zero-order valence-corrected chi connectivity index (χ0v) is 15.5. The Balaban J connectivity index is 2.09. The zero-order chi connectivity index (χ0) is 17.6. The van der Waals surface area contributed by atoms with Gasteiger partial charge >= 0.3 is 0 Å². The molecular weight excluding hydrogens is 326 g/mol. The molecule has 1 aliphatic rings. The molecule has 2 rings (SSSR count). The van der Waals surface area contributed by atoms with Crippen molar-refractivity contribution in [3.8, 4) is 0 Å². The van der Waals surface area contributed by atoms with Crippen molar-refractivity contribution < 1.29 is 13.2 Å². The van der Waals surface area contributed by atoms with Gasteiger partial charge in [-0.15, -0.1) is 0 Å². The van der Waals surface area contributed by atoms with Crippen molar-refractivity contribution in [1.82, 2.24) is 10.2 Å². The second-order valence-electron chi connectivity index (χ2n) is 6.03. The van der Waals surface area contributed by atoms with Crippen molar-refractivity contribution in [2.24, 2.45) is 4.99 Å². The van der Waals surface area contributed by atoms with Crippen LogP contribution in [0.25, 0.3) is 0 Å². The summed E-state index contributed by atoms with van der Waals surface area (Å²) in [6, 6.07) is 8.23. The van der Waals surface area contributed by atoms with E-state index in [1.54, 1.807) is 0 Å². The molecule has 0 amide bonds. The summed E-state index contributed by atoms with van der Waals surface area (Å²) < 4.78 is 28.5. The highest BCUT2D eigenvalue weighted by atomic mass is 32.2. The van der Waals surface area contributed by atoms with Gasteiger partial charge in [0, 0.05) is 19.3 Å². The third-order valence-electron chi connectivity index (χ3n) is 3.96. The molecule has 1 saturated heterocycles. The van der Waals surface area contributed by atoms with Crippen LogP contribution in [0.3, 0.4) is 0 Å². The molecule has 24 heavy (non-hydrogen) atoms. The van der Waals surface area contributed by atoms with Crippen molar-refractivity contribution in [2.45, 2.75) is 20.0 Å². The van der Waals surface area contributed by atoms with Gasteiger partial charge in [-0.05, 0) is 25.0 Å². The van der Waals surface area contributed by atoms with Crippen molar-refractivity contribution in [1.29, 1.82) is 0 Å². The van der Waals surface area contributed by atoms with Gasteiger partial charge in [0.1, 0.15) is 15.9 Å². The predicted molar refractivity (Wildman–Crippen MR) is 97.1 cm³/mol. The molecule has 1 heterocycles. The monoisotopic (exact) mass is 353 g/mol. The lowest BCUT2D eigenvalue weighted by Gasteiger charge is -2.35. The fourth-order valence-electron chi connectivity index (χ4n) is 2.72. The number of guanidine groups is 1. The zero-order valence-electron chi connectivity index (χ0n) is 14.7. The molecule has 0 radical (unpaired) electrons. The van der Waals surface area contributed by atoms with Crippen LogP contribution in [0.2, 0.25) is 0 Å². The third kappa shape index (κ3) is 5.49. The van der Waals surface area contributed by atoms with E-state index in [1.807, 2.05) is 19.1 Å². The number of sulfone groups is 1. The van der Waals surface area contributed by atoms with Crippen LogP contribution >= 0.6 is 0 Å². The number of benzene rings is 1. The average Bonchev–Trinajstić information content (AvgIpc) is 2.53. The van der Waals surface area contributed by atoms with Crippen LogP contribution in [0.4, 0.5) is 0 Å². The lowest BCUT2D eigenvalue weighted by Crippen LogP contribution is -2.48. The Morgan fingerprint density at radius 2 is 2.17 bits per heavy atom. The SMILES string of the molecule is CCNC(=NCCS(C)(=O)=O)N1CCOC(c2ccccc2C)C1. The number of morpholine rings is 1. The Morgan fingerprint density at radius 1 is 1.42 bits per heavy atom. The van der Waals surface area contributed by atoms with Crippen LogP contribution in [0.15, 0.2) is 29.3 Å². The molecule has 0 saturated carbocycles. The quantitative estimate of drug-likeness (QED) is 0.640. The van der Waals surface area contributed by atoms with E-state index >= 15 is 0 Å². The van der Waals surface area contributed by atoms with Crippen molar-refractivity contribution >= 4 is 15.8 Å². The molecule has 1 aliphatic heterocycles. The number of hydrogen-bond donors (Lipinski definition) is 1. The predicted octanol–water partition coefficient (Wildman–Crippen LogP) is 1.38. The van der Waals surface area contributed by atoms with Crippen LogP contribution < -0.4 is 5.32 Å². The summed E-state index contributed by atoms with van der Waals surface area (Å²) in [7, 11) is -3.00. The van der Waals surface area contributed by atoms with E-state index in [9.17, 15) is 8.42 Å². The van der Waals surface area contributed by atoms with Crippen LogP contribution in [-0.4, -0.2) is 64.1 Å². The minimum absolute atomic E-state index is 0.00119. The first-order valence-electron chi connectivity index (χ1n) is 8.29. The molecule has 1 aromatic carbocycles. The molecule has 1 fully saturated rings. The lowest BCUT2D eigenvalue weighted by atomic mass is 10.0. The van der Waals surface area contributed by atoms with Gasteiger partial charge in [-0.25, -0.2) is 8.42 Å². The minimum Gasteiger partial charge on any atom is -0.370 e. The van der Waals surface area contributed by atoms with Gasteiger partial charge in [0.25, 0.3) is 0 Å². The van der Waals surface area contributed by atoms with E-state index in [2.05, 4.69) is 34.3 Å². The number of nitrogens with one attached hydrogen (secondary N) is 1. The first kappa shape index (κ1) is 18.7. The van der Waals surface area contributed by atoms with Crippen molar-refractivity contribution in [2.75, 3.05) is 44.8 Å². The Hall–Kier alpha value is -1.60. The summed E-state index contributed by atoms with van der Waals surface area (Å²) in [6.07, 6.45) is 1.23. The molecule has 1 N–H and O–H groups in total.